The SMILES string of the molecule is [C-]#[N+]c1cc(C#N)c(-c2ccc3c(c2)c2ccccc2n3-c2ccc(C(F)(F)F)cc2-c2ccc([N+]#[C-])cc2-n2c3ccccc3c3cc(-c4c(C#N)cc(C#N)cc4[N+]#[C-])ccc32)c([N+]#[C-])c1. The number of nitriles is 3. The van der Waals surface area contributed by atoms with Crippen molar-refractivity contribution in [2.45, 2.75) is 6.18 Å². The second-order valence-corrected chi connectivity index (χ2v) is 15.7. The molecule has 0 aliphatic heterocycles. The summed E-state index contributed by atoms with van der Waals surface area (Å²) >= 11 is 0. The van der Waals surface area contributed by atoms with Gasteiger partial charge in [0.1, 0.15) is 0 Å². The van der Waals surface area contributed by atoms with E-state index in [9.17, 15) is 29.0 Å². The predicted molar refractivity (Wildman–Crippen MR) is 256 cm³/mol. The van der Waals surface area contributed by atoms with Gasteiger partial charge in [0.05, 0.1) is 83.4 Å². The van der Waals surface area contributed by atoms with Crippen molar-refractivity contribution in [1.29, 1.82) is 15.8 Å². The van der Waals surface area contributed by atoms with Gasteiger partial charge in [0, 0.05) is 60.6 Å². The molecule has 10 rings (SSSR count). The molecule has 0 saturated heterocycles. The number of hydrogen-bond donors (Lipinski definition) is 0. The highest BCUT2D eigenvalue weighted by Crippen LogP contribution is 2.46. The summed E-state index contributed by atoms with van der Waals surface area (Å²) in [6.07, 6.45) is -4.73. The molecule has 2 heterocycles. The van der Waals surface area contributed by atoms with Crippen LogP contribution in [0, 0.1) is 60.3 Å². The van der Waals surface area contributed by atoms with E-state index in [-0.39, 0.29) is 45.0 Å². The first-order valence-corrected chi connectivity index (χ1v) is 20.5. The van der Waals surface area contributed by atoms with E-state index in [2.05, 4.69) is 31.5 Å². The van der Waals surface area contributed by atoms with Gasteiger partial charge >= 0.3 is 6.18 Å². The molecule has 10 aromatic rings. The molecule has 12 heteroatoms. The highest BCUT2D eigenvalue weighted by molar-refractivity contribution is 6.13. The second-order valence-electron chi connectivity index (χ2n) is 15.7. The summed E-state index contributed by atoms with van der Waals surface area (Å²) in [6, 6.07) is 46.3. The number of benzene rings is 8. The molecular formula is C56H24F3N9. The fourth-order valence-electron chi connectivity index (χ4n) is 9.23. The monoisotopic (exact) mass is 879 g/mol. The van der Waals surface area contributed by atoms with Gasteiger partial charge in [-0.3, -0.25) is 0 Å². The Kier molecular flexibility index (Phi) is 9.77. The number of rotatable bonds is 5. The van der Waals surface area contributed by atoms with Crippen LogP contribution in [0.5, 0.6) is 0 Å². The zero-order valence-electron chi connectivity index (χ0n) is 35.0. The molecule has 0 atom stereocenters. The van der Waals surface area contributed by atoms with E-state index in [1.165, 1.54) is 30.3 Å². The lowest BCUT2D eigenvalue weighted by molar-refractivity contribution is -0.137. The van der Waals surface area contributed by atoms with Crippen LogP contribution in [0.4, 0.5) is 35.9 Å². The van der Waals surface area contributed by atoms with Crippen LogP contribution in [0.15, 0.2) is 146 Å². The van der Waals surface area contributed by atoms with Gasteiger partial charge < -0.3 is 9.13 Å². The molecule has 0 amide bonds. The van der Waals surface area contributed by atoms with E-state index >= 15 is 0 Å². The van der Waals surface area contributed by atoms with Gasteiger partial charge in [-0.15, -0.1) is 0 Å². The first-order chi connectivity index (χ1) is 33.0. The van der Waals surface area contributed by atoms with Gasteiger partial charge in [-0.25, -0.2) is 19.4 Å². The highest BCUT2D eigenvalue weighted by Gasteiger charge is 2.32. The molecule has 314 valence electrons. The van der Waals surface area contributed by atoms with Gasteiger partial charge in [-0.1, -0.05) is 66.7 Å². The lowest BCUT2D eigenvalue weighted by Gasteiger charge is -2.20. The van der Waals surface area contributed by atoms with E-state index in [4.69, 9.17) is 26.3 Å². The Balaban J connectivity index is 1.26. The van der Waals surface area contributed by atoms with Crippen molar-refractivity contribution >= 4 is 66.4 Å². The Labute approximate surface area is 385 Å². The molecule has 0 aliphatic carbocycles. The van der Waals surface area contributed by atoms with E-state index in [0.717, 1.165) is 22.9 Å². The van der Waals surface area contributed by atoms with Gasteiger partial charge in [0.25, 0.3) is 0 Å². The second kappa shape index (κ2) is 16.0. The van der Waals surface area contributed by atoms with E-state index in [1.807, 2.05) is 88.0 Å². The molecule has 2 aromatic heterocycles. The normalized spacial score (nSPS) is 11.1. The molecule has 0 spiro atoms. The maximum absolute atomic E-state index is 14.9. The number of para-hydroxylation sites is 2. The predicted octanol–water partition coefficient (Wildman–Crippen LogP) is 15.7. The summed E-state index contributed by atoms with van der Waals surface area (Å²) < 4.78 is 48.5. The number of aromatic nitrogens is 2. The average molecular weight is 880 g/mol. The first-order valence-electron chi connectivity index (χ1n) is 20.5. The lowest BCUT2D eigenvalue weighted by atomic mass is 9.95. The maximum Gasteiger partial charge on any atom is 0.416 e. The number of hydrogen-bond acceptors (Lipinski definition) is 3. The third kappa shape index (κ3) is 6.50. The summed E-state index contributed by atoms with van der Waals surface area (Å²) in [5, 5.41) is 32.8. The number of alkyl halides is 3. The molecule has 0 aliphatic rings. The quantitative estimate of drug-likeness (QED) is 0.161. The van der Waals surface area contributed by atoms with Crippen molar-refractivity contribution < 1.29 is 13.2 Å². The minimum Gasteiger partial charge on any atom is -0.310 e. The molecule has 0 N–H and O–H groups in total. The fraction of sp³-hybridized carbons (Fsp3) is 0.0179. The molecule has 0 fully saturated rings. The smallest absolute Gasteiger partial charge is 0.310 e. The van der Waals surface area contributed by atoms with Crippen LogP contribution >= 0.6 is 0 Å². The number of fused-ring (bicyclic) bond motifs is 6. The summed E-state index contributed by atoms with van der Waals surface area (Å²) in [6.45, 7) is 31.4. The van der Waals surface area contributed by atoms with Gasteiger partial charge in [0.2, 0.25) is 0 Å². The highest BCUT2D eigenvalue weighted by atomic mass is 19.4. The van der Waals surface area contributed by atoms with Crippen molar-refractivity contribution in [3.63, 3.8) is 0 Å². The summed E-state index contributed by atoms with van der Waals surface area (Å²) in [5.41, 5.74) is 6.05. The third-order valence-corrected chi connectivity index (χ3v) is 12.1. The molecule has 0 radical (unpaired) electrons. The zero-order chi connectivity index (χ0) is 47.4. The maximum atomic E-state index is 14.9. The van der Waals surface area contributed by atoms with Crippen LogP contribution < -0.4 is 0 Å². The topological polar surface area (TPSA) is 98.7 Å². The van der Waals surface area contributed by atoms with Gasteiger partial charge in [-0.05, 0) is 90.0 Å². The van der Waals surface area contributed by atoms with Crippen LogP contribution in [-0.2, 0) is 6.18 Å². The van der Waals surface area contributed by atoms with Crippen LogP contribution in [0.25, 0.3) is 108 Å². The van der Waals surface area contributed by atoms with Gasteiger partial charge in [0.15, 0.2) is 22.7 Å². The van der Waals surface area contributed by atoms with Gasteiger partial charge in [-0.2, -0.15) is 29.0 Å². The Bertz CT molecular complexity index is 4110. The molecule has 68 heavy (non-hydrogen) atoms. The fourth-order valence-corrected chi connectivity index (χ4v) is 9.23. The molecule has 0 unspecified atom stereocenters. The Morgan fingerprint density at radius 3 is 1.53 bits per heavy atom. The Hall–Kier alpha value is -10.4. The van der Waals surface area contributed by atoms with Crippen LogP contribution in [-0.4, -0.2) is 9.13 Å². The number of nitrogens with zero attached hydrogens (tertiary/aromatic N) is 9. The van der Waals surface area contributed by atoms with E-state index in [0.29, 0.717) is 72.0 Å². The van der Waals surface area contributed by atoms with Crippen LogP contribution in [0.2, 0.25) is 0 Å². The molecule has 9 nitrogen and oxygen atoms in total. The molecular weight excluding hydrogens is 856 g/mol. The molecule has 0 saturated carbocycles. The van der Waals surface area contributed by atoms with Crippen LogP contribution in [0.1, 0.15) is 22.3 Å². The lowest BCUT2D eigenvalue weighted by Crippen LogP contribution is -2.08. The third-order valence-electron chi connectivity index (χ3n) is 12.1. The van der Waals surface area contributed by atoms with E-state index in [1.54, 1.807) is 30.3 Å². The minimum absolute atomic E-state index is 0.129. The standard InChI is InChI=1S/C56H24F3N9/c1-63-38-16-17-42(53(28-38)68-49-12-8-6-10-41(49)44-24-33(14-19-51(44)68)54-35(30-61)21-32(29-60)22-46(54)65-3)45-26-37(56(57,58)59)15-20-52(45)67-48-11-7-5-9-40(48)43-25-34(13-18-50(43)67)55-36(31-62)23-39(64-2)27-47(55)66-4/h5-28H. The zero-order valence-corrected chi connectivity index (χ0v) is 35.0. The van der Waals surface area contributed by atoms with Crippen molar-refractivity contribution in [3.05, 3.63) is 214 Å². The van der Waals surface area contributed by atoms with Crippen molar-refractivity contribution in [2.24, 2.45) is 0 Å². The van der Waals surface area contributed by atoms with E-state index < -0.39 is 11.7 Å². The van der Waals surface area contributed by atoms with Crippen molar-refractivity contribution in [1.82, 2.24) is 9.13 Å². The minimum atomic E-state index is -4.73. The largest absolute Gasteiger partial charge is 0.416 e. The average Bonchev–Trinajstić information content (AvgIpc) is 3.88. The molecule has 0 bridgehead atoms. The summed E-state index contributed by atoms with van der Waals surface area (Å²) in [5.74, 6) is 0. The Morgan fingerprint density at radius 2 is 0.985 bits per heavy atom. The molecule has 8 aromatic carbocycles. The first kappa shape index (κ1) is 41.6. The summed E-state index contributed by atoms with van der Waals surface area (Å²) in [4.78, 5) is 14.5. The summed E-state index contributed by atoms with van der Waals surface area (Å²) in [7, 11) is 0. The van der Waals surface area contributed by atoms with Crippen molar-refractivity contribution in [3.8, 4) is 63.0 Å². The Morgan fingerprint density at radius 1 is 0.441 bits per heavy atom. The van der Waals surface area contributed by atoms with Crippen molar-refractivity contribution in [2.75, 3.05) is 0 Å². The van der Waals surface area contributed by atoms with Crippen LogP contribution in [0.3, 0.4) is 0 Å². The number of halogens is 3.